The van der Waals surface area contributed by atoms with Gasteiger partial charge >= 0.3 is 11.9 Å². The molecule has 0 heterocycles. The van der Waals surface area contributed by atoms with Gasteiger partial charge in [-0.2, -0.15) is 13.2 Å². The van der Waals surface area contributed by atoms with Crippen LogP contribution in [0.15, 0.2) is 0 Å². The van der Waals surface area contributed by atoms with Gasteiger partial charge in [0.1, 0.15) is 6.61 Å². The van der Waals surface area contributed by atoms with Crippen LogP contribution in [0.4, 0.5) is 18.0 Å². The van der Waals surface area contributed by atoms with Gasteiger partial charge in [-0.25, -0.2) is 4.79 Å². The van der Waals surface area contributed by atoms with E-state index in [9.17, 15) is 22.5 Å². The summed E-state index contributed by atoms with van der Waals surface area (Å²) in [4.78, 5) is 10.6. The van der Waals surface area contributed by atoms with Gasteiger partial charge in [-0.05, 0) is 6.92 Å². The lowest BCUT2D eigenvalue weighted by atomic mass is 10.4. The summed E-state index contributed by atoms with van der Waals surface area (Å²) < 4.78 is 53.9. The minimum Gasteiger partial charge on any atom is -0.458 e. The second-order valence-electron chi connectivity index (χ2n) is 2.22. The Morgan fingerprint density at radius 3 is 2.43 bits per heavy atom. The van der Waals surface area contributed by atoms with Gasteiger partial charge in [-0.3, -0.25) is 4.57 Å². The molecular formula is C6H10F3O4P. The van der Waals surface area contributed by atoms with Crippen molar-refractivity contribution in [2.75, 3.05) is 13.2 Å². The van der Waals surface area contributed by atoms with Crippen LogP contribution in [0.5, 0.6) is 0 Å². The van der Waals surface area contributed by atoms with Crippen molar-refractivity contribution in [1.82, 2.24) is 0 Å². The first-order chi connectivity index (χ1) is 6.37. The molecule has 84 valence electrons. The Morgan fingerprint density at radius 2 is 2.00 bits per heavy atom. The van der Waals surface area contributed by atoms with Crippen molar-refractivity contribution >= 4 is 13.7 Å². The van der Waals surface area contributed by atoms with Crippen LogP contribution < -0.4 is 0 Å². The molecule has 0 aliphatic carbocycles. The Kier molecular flexibility index (Phi) is 5.79. The molecule has 4 nitrogen and oxygen atoms in total. The van der Waals surface area contributed by atoms with Crippen molar-refractivity contribution in [3.8, 4) is 0 Å². The van der Waals surface area contributed by atoms with Crippen molar-refractivity contribution in [3.63, 3.8) is 0 Å². The van der Waals surface area contributed by atoms with E-state index in [0.29, 0.717) is 0 Å². The molecule has 0 radical (unpaired) electrons. The summed E-state index contributed by atoms with van der Waals surface area (Å²) in [5, 5.41) is 0. The number of hydrogen-bond donors (Lipinski definition) is 0. The maximum absolute atomic E-state index is 11.6. The van der Waals surface area contributed by atoms with Crippen LogP contribution in [0.2, 0.25) is 0 Å². The largest absolute Gasteiger partial charge is 0.458 e. The first-order valence-corrected chi connectivity index (χ1v) is 5.09. The molecule has 0 rings (SSSR count). The van der Waals surface area contributed by atoms with Crippen molar-refractivity contribution < 1.29 is 31.8 Å². The quantitative estimate of drug-likeness (QED) is 0.686. The van der Waals surface area contributed by atoms with Crippen LogP contribution in [-0.2, 0) is 13.8 Å². The third kappa shape index (κ3) is 6.91. The van der Waals surface area contributed by atoms with Crippen LogP contribution >= 0.6 is 8.03 Å². The van der Waals surface area contributed by atoms with Gasteiger partial charge in [0.2, 0.25) is 0 Å². The predicted octanol–water partition coefficient (Wildman–Crippen LogP) is 2.59. The van der Waals surface area contributed by atoms with E-state index in [4.69, 9.17) is 0 Å². The Bertz CT molecular complexity index is 216. The zero-order valence-corrected chi connectivity index (χ0v) is 8.39. The van der Waals surface area contributed by atoms with E-state index in [2.05, 4.69) is 9.26 Å². The molecule has 14 heavy (non-hydrogen) atoms. The summed E-state index contributed by atoms with van der Waals surface area (Å²) >= 11 is 0. The SMILES string of the molecule is CCO[PH](=O)C(=O)OCCC(F)(F)F. The van der Waals surface area contributed by atoms with E-state index < -0.39 is 32.9 Å². The average Bonchev–Trinajstić information content (AvgIpc) is 2.02. The van der Waals surface area contributed by atoms with Crippen molar-refractivity contribution in [2.45, 2.75) is 19.5 Å². The number of alkyl halides is 3. The zero-order chi connectivity index (χ0) is 11.2. The van der Waals surface area contributed by atoms with Gasteiger partial charge in [0.25, 0.3) is 8.03 Å². The van der Waals surface area contributed by atoms with Gasteiger partial charge in [-0.15, -0.1) is 0 Å². The lowest BCUT2D eigenvalue weighted by Gasteiger charge is -2.06. The molecule has 0 fully saturated rings. The van der Waals surface area contributed by atoms with Crippen molar-refractivity contribution in [3.05, 3.63) is 0 Å². The topological polar surface area (TPSA) is 52.6 Å². The van der Waals surface area contributed by atoms with Crippen LogP contribution in [0.3, 0.4) is 0 Å². The Hall–Kier alpha value is -0.550. The standard InChI is InChI=1S/C6H10F3O4P/c1-2-13-14(11)5(10)12-4-3-6(7,8)9/h14H,2-4H2,1H3. The van der Waals surface area contributed by atoms with E-state index in [0.717, 1.165) is 0 Å². The fourth-order valence-corrected chi connectivity index (χ4v) is 1.11. The molecule has 0 amide bonds. The minimum atomic E-state index is -4.39. The maximum Gasteiger partial charge on any atom is 0.392 e. The highest BCUT2D eigenvalue weighted by Gasteiger charge is 2.27. The summed E-state index contributed by atoms with van der Waals surface area (Å²) in [6, 6.07) is 0. The molecule has 0 bridgehead atoms. The normalized spacial score (nSPS) is 13.7. The van der Waals surface area contributed by atoms with E-state index in [1.54, 1.807) is 0 Å². The molecule has 0 aliphatic heterocycles. The number of rotatable bonds is 5. The number of ether oxygens (including phenoxy) is 1. The summed E-state index contributed by atoms with van der Waals surface area (Å²) in [6.07, 6.45) is -5.64. The van der Waals surface area contributed by atoms with Crippen LogP contribution in [0.25, 0.3) is 0 Å². The fourth-order valence-electron chi connectivity index (χ4n) is 0.508. The van der Waals surface area contributed by atoms with E-state index in [1.807, 2.05) is 0 Å². The van der Waals surface area contributed by atoms with E-state index >= 15 is 0 Å². The zero-order valence-electron chi connectivity index (χ0n) is 7.39. The van der Waals surface area contributed by atoms with Crippen LogP contribution in [0.1, 0.15) is 13.3 Å². The molecule has 0 aromatic rings. The Balaban J connectivity index is 3.70. The third-order valence-electron chi connectivity index (χ3n) is 1.06. The molecule has 0 aromatic carbocycles. The predicted molar refractivity (Wildman–Crippen MR) is 42.6 cm³/mol. The maximum atomic E-state index is 11.6. The van der Waals surface area contributed by atoms with Crippen LogP contribution in [-0.4, -0.2) is 25.1 Å². The highest BCUT2D eigenvalue weighted by molar-refractivity contribution is 7.58. The molecule has 0 aromatic heterocycles. The summed E-state index contributed by atoms with van der Waals surface area (Å²) in [5.41, 5.74) is -1.22. The Morgan fingerprint density at radius 1 is 1.43 bits per heavy atom. The molecule has 0 aliphatic rings. The van der Waals surface area contributed by atoms with E-state index in [-0.39, 0.29) is 6.61 Å². The molecule has 0 saturated carbocycles. The summed E-state index contributed by atoms with van der Waals surface area (Å²) in [5.74, 6) is 0. The molecule has 0 saturated heterocycles. The van der Waals surface area contributed by atoms with Gasteiger partial charge < -0.3 is 9.26 Å². The molecular weight excluding hydrogens is 224 g/mol. The number of halogens is 3. The highest BCUT2D eigenvalue weighted by Crippen LogP contribution is 2.26. The molecule has 1 unspecified atom stereocenters. The van der Waals surface area contributed by atoms with Gasteiger partial charge in [0.15, 0.2) is 0 Å². The fraction of sp³-hybridized carbons (Fsp3) is 0.833. The summed E-state index contributed by atoms with van der Waals surface area (Å²) in [7, 11) is -3.01. The lowest BCUT2D eigenvalue weighted by Crippen LogP contribution is -2.12. The highest BCUT2D eigenvalue weighted by atomic mass is 31.1. The number of hydrogen-bond acceptors (Lipinski definition) is 4. The number of carbonyl (C=O) groups is 1. The second-order valence-corrected chi connectivity index (χ2v) is 3.49. The van der Waals surface area contributed by atoms with Gasteiger partial charge in [0.05, 0.1) is 13.0 Å². The minimum absolute atomic E-state index is 0.0478. The van der Waals surface area contributed by atoms with Crippen molar-refractivity contribution in [2.24, 2.45) is 0 Å². The third-order valence-corrected chi connectivity index (χ3v) is 2.09. The molecule has 0 N–H and O–H groups in total. The monoisotopic (exact) mass is 234 g/mol. The molecule has 1 atom stereocenters. The first-order valence-electron chi connectivity index (χ1n) is 3.77. The van der Waals surface area contributed by atoms with Crippen LogP contribution in [0, 0.1) is 0 Å². The second kappa shape index (κ2) is 6.03. The summed E-state index contributed by atoms with van der Waals surface area (Å²) in [6.45, 7) is 0.726. The Labute approximate surface area is 79.2 Å². The molecule has 0 spiro atoms. The lowest BCUT2D eigenvalue weighted by molar-refractivity contribution is -0.140. The van der Waals surface area contributed by atoms with E-state index in [1.165, 1.54) is 6.92 Å². The number of carbonyl (C=O) groups excluding carboxylic acids is 1. The van der Waals surface area contributed by atoms with Gasteiger partial charge in [-0.1, -0.05) is 0 Å². The smallest absolute Gasteiger partial charge is 0.392 e. The van der Waals surface area contributed by atoms with Gasteiger partial charge in [0, 0.05) is 0 Å². The first kappa shape index (κ1) is 13.4. The molecule has 8 heteroatoms. The van der Waals surface area contributed by atoms with Crippen molar-refractivity contribution in [1.29, 1.82) is 0 Å². The average molecular weight is 234 g/mol.